The second-order valence-corrected chi connectivity index (χ2v) is 6.81. The molecule has 1 aromatic carbocycles. The van der Waals surface area contributed by atoms with E-state index in [4.69, 9.17) is 0 Å². The number of nitrogens with one attached hydrogen (secondary N) is 2. The molecule has 1 aliphatic rings. The zero-order valence-electron chi connectivity index (χ0n) is 13.0. The third-order valence-corrected chi connectivity index (χ3v) is 5.03. The Labute approximate surface area is 142 Å². The Morgan fingerprint density at radius 2 is 2.29 bits per heavy atom. The summed E-state index contributed by atoms with van der Waals surface area (Å²) >= 11 is 1.37. The molecule has 0 saturated carbocycles. The van der Waals surface area contributed by atoms with Crippen LogP contribution in [0.1, 0.15) is 5.56 Å². The van der Waals surface area contributed by atoms with Crippen molar-refractivity contribution in [3.8, 4) is 0 Å². The number of carbonyl (C=O) groups is 2. The van der Waals surface area contributed by atoms with Crippen LogP contribution >= 0.6 is 11.8 Å². The zero-order valence-corrected chi connectivity index (χ0v) is 13.8. The molecule has 1 fully saturated rings. The first-order valence-electron chi connectivity index (χ1n) is 7.48. The van der Waals surface area contributed by atoms with Gasteiger partial charge in [0.1, 0.15) is 11.9 Å². The van der Waals surface area contributed by atoms with Crippen LogP contribution in [0.2, 0.25) is 0 Å². The number of benzene rings is 1. The van der Waals surface area contributed by atoms with Gasteiger partial charge in [-0.2, -0.15) is 5.10 Å². The van der Waals surface area contributed by atoms with Crippen molar-refractivity contribution < 1.29 is 14.0 Å². The molecule has 3 rings (SSSR count). The maximum atomic E-state index is 13.7. The van der Waals surface area contributed by atoms with E-state index < -0.39 is 11.3 Å². The molecule has 126 valence electrons. The average Bonchev–Trinajstić information content (AvgIpc) is 2.96. The van der Waals surface area contributed by atoms with Crippen LogP contribution in [0, 0.1) is 5.82 Å². The van der Waals surface area contributed by atoms with E-state index in [9.17, 15) is 14.0 Å². The fraction of sp³-hybridized carbons (Fsp3) is 0.312. The molecular formula is C16H17FN4O2S. The predicted molar refractivity (Wildman–Crippen MR) is 90.1 cm³/mol. The van der Waals surface area contributed by atoms with Crippen molar-refractivity contribution in [3.05, 3.63) is 48.0 Å². The van der Waals surface area contributed by atoms with Gasteiger partial charge in [-0.05, 0) is 18.1 Å². The number of anilines is 1. The van der Waals surface area contributed by atoms with Gasteiger partial charge in [0.2, 0.25) is 11.8 Å². The highest BCUT2D eigenvalue weighted by Gasteiger charge is 2.32. The van der Waals surface area contributed by atoms with Crippen molar-refractivity contribution in [2.24, 2.45) is 7.05 Å². The molecule has 2 heterocycles. The summed E-state index contributed by atoms with van der Waals surface area (Å²) in [6.45, 7) is 0. The van der Waals surface area contributed by atoms with Gasteiger partial charge in [0, 0.05) is 19.0 Å². The second-order valence-electron chi connectivity index (χ2n) is 5.57. The number of halogens is 1. The van der Waals surface area contributed by atoms with Crippen molar-refractivity contribution in [2.45, 2.75) is 17.7 Å². The van der Waals surface area contributed by atoms with Gasteiger partial charge in [-0.3, -0.25) is 14.3 Å². The maximum absolute atomic E-state index is 13.7. The standard InChI is InChI=1S/C16H17FN4O2S/c1-21-8-11(7-18-21)19-15(22)13-9-24-14(16(23)20-13)6-10-4-2-3-5-12(10)17/h2-5,7-8,13-14H,6,9H2,1H3,(H,19,22)(H,20,23). The SMILES string of the molecule is Cn1cc(NC(=O)C2CSC(Cc3ccccc3F)C(=O)N2)cn1. The summed E-state index contributed by atoms with van der Waals surface area (Å²) < 4.78 is 15.3. The minimum Gasteiger partial charge on any atom is -0.343 e. The lowest BCUT2D eigenvalue weighted by molar-refractivity contribution is -0.126. The van der Waals surface area contributed by atoms with Crippen LogP contribution in [0.4, 0.5) is 10.1 Å². The zero-order chi connectivity index (χ0) is 17.1. The Morgan fingerprint density at radius 1 is 1.50 bits per heavy atom. The molecule has 6 nitrogen and oxygen atoms in total. The maximum Gasteiger partial charge on any atom is 0.247 e. The van der Waals surface area contributed by atoms with Crippen LogP contribution < -0.4 is 10.6 Å². The topological polar surface area (TPSA) is 76.0 Å². The van der Waals surface area contributed by atoms with E-state index in [1.54, 1.807) is 36.1 Å². The first kappa shape index (κ1) is 16.5. The van der Waals surface area contributed by atoms with Gasteiger partial charge < -0.3 is 10.6 Å². The number of rotatable bonds is 4. The predicted octanol–water partition coefficient (Wildman–Crippen LogP) is 1.34. The van der Waals surface area contributed by atoms with Crippen LogP contribution in [0.3, 0.4) is 0 Å². The van der Waals surface area contributed by atoms with Gasteiger partial charge in [0.05, 0.1) is 17.1 Å². The van der Waals surface area contributed by atoms with Crippen LogP contribution in [-0.4, -0.2) is 38.6 Å². The Kier molecular flexibility index (Phi) is 4.84. The number of nitrogens with zero attached hydrogens (tertiary/aromatic N) is 2. The quantitative estimate of drug-likeness (QED) is 0.874. The van der Waals surface area contributed by atoms with E-state index in [1.165, 1.54) is 24.0 Å². The van der Waals surface area contributed by atoms with E-state index in [-0.39, 0.29) is 17.6 Å². The minimum atomic E-state index is -0.612. The van der Waals surface area contributed by atoms with Crippen LogP contribution in [0.15, 0.2) is 36.7 Å². The van der Waals surface area contributed by atoms with E-state index in [0.717, 1.165) is 0 Å². The van der Waals surface area contributed by atoms with E-state index in [2.05, 4.69) is 15.7 Å². The van der Waals surface area contributed by atoms with Crippen LogP contribution in [0.25, 0.3) is 0 Å². The molecule has 0 aliphatic carbocycles. The summed E-state index contributed by atoms with van der Waals surface area (Å²) in [7, 11) is 1.75. The number of aryl methyl sites for hydroxylation is 1. The molecule has 0 bridgehead atoms. The number of amides is 2. The first-order chi connectivity index (χ1) is 11.5. The molecule has 8 heteroatoms. The molecule has 1 saturated heterocycles. The Balaban J connectivity index is 1.58. The fourth-order valence-electron chi connectivity index (χ4n) is 2.47. The molecule has 1 aliphatic heterocycles. The van der Waals surface area contributed by atoms with E-state index in [0.29, 0.717) is 23.4 Å². The normalized spacial score (nSPS) is 20.5. The average molecular weight is 348 g/mol. The highest BCUT2D eigenvalue weighted by Crippen LogP contribution is 2.23. The summed E-state index contributed by atoms with van der Waals surface area (Å²) in [5.74, 6) is -0.409. The van der Waals surface area contributed by atoms with Gasteiger partial charge in [0.25, 0.3) is 0 Å². The molecule has 1 aromatic heterocycles. The molecular weight excluding hydrogens is 331 g/mol. The number of hydrogen-bond donors (Lipinski definition) is 2. The summed E-state index contributed by atoms with van der Waals surface area (Å²) in [5, 5.41) is 9.00. The van der Waals surface area contributed by atoms with Gasteiger partial charge >= 0.3 is 0 Å². The van der Waals surface area contributed by atoms with Crippen LogP contribution in [0.5, 0.6) is 0 Å². The van der Waals surface area contributed by atoms with Gasteiger partial charge in [-0.1, -0.05) is 18.2 Å². The molecule has 2 N–H and O–H groups in total. The molecule has 2 unspecified atom stereocenters. The smallest absolute Gasteiger partial charge is 0.247 e. The van der Waals surface area contributed by atoms with Crippen molar-refractivity contribution >= 4 is 29.3 Å². The number of aromatic nitrogens is 2. The fourth-order valence-corrected chi connectivity index (χ4v) is 3.64. The minimum absolute atomic E-state index is 0.249. The Bertz CT molecular complexity index is 764. The first-order valence-corrected chi connectivity index (χ1v) is 8.52. The van der Waals surface area contributed by atoms with Crippen molar-refractivity contribution in [1.82, 2.24) is 15.1 Å². The number of hydrogen-bond acceptors (Lipinski definition) is 4. The van der Waals surface area contributed by atoms with Crippen molar-refractivity contribution in [2.75, 3.05) is 11.1 Å². The summed E-state index contributed by atoms with van der Waals surface area (Å²) in [6.07, 6.45) is 3.52. The van der Waals surface area contributed by atoms with E-state index >= 15 is 0 Å². The summed E-state index contributed by atoms with van der Waals surface area (Å²) in [6, 6.07) is 5.80. The highest BCUT2D eigenvalue weighted by molar-refractivity contribution is 8.00. The molecule has 2 aromatic rings. The third-order valence-electron chi connectivity index (χ3n) is 3.73. The second kappa shape index (κ2) is 7.04. The molecule has 2 atom stereocenters. The lowest BCUT2D eigenvalue weighted by atomic mass is 10.1. The lowest BCUT2D eigenvalue weighted by Gasteiger charge is -2.28. The number of carbonyl (C=O) groups excluding carboxylic acids is 2. The molecule has 24 heavy (non-hydrogen) atoms. The molecule has 2 amide bonds. The Hall–Kier alpha value is -2.35. The highest BCUT2D eigenvalue weighted by atomic mass is 32.2. The van der Waals surface area contributed by atoms with Crippen molar-refractivity contribution in [3.63, 3.8) is 0 Å². The third kappa shape index (κ3) is 3.76. The molecule has 0 radical (unpaired) electrons. The van der Waals surface area contributed by atoms with Crippen molar-refractivity contribution in [1.29, 1.82) is 0 Å². The summed E-state index contributed by atoms with van der Waals surface area (Å²) in [5.41, 5.74) is 1.08. The molecule has 0 spiro atoms. The van der Waals surface area contributed by atoms with E-state index in [1.807, 2.05) is 0 Å². The monoisotopic (exact) mass is 348 g/mol. The number of thioether (sulfide) groups is 1. The van der Waals surface area contributed by atoms with Gasteiger partial charge in [-0.15, -0.1) is 11.8 Å². The van der Waals surface area contributed by atoms with Crippen LogP contribution in [-0.2, 0) is 23.1 Å². The lowest BCUT2D eigenvalue weighted by Crippen LogP contribution is -2.52. The Morgan fingerprint density at radius 3 is 2.96 bits per heavy atom. The largest absolute Gasteiger partial charge is 0.343 e. The van der Waals surface area contributed by atoms with Gasteiger partial charge in [0.15, 0.2) is 0 Å². The summed E-state index contributed by atoms with van der Waals surface area (Å²) in [4.78, 5) is 24.4. The van der Waals surface area contributed by atoms with Gasteiger partial charge in [-0.25, -0.2) is 4.39 Å².